The van der Waals surface area contributed by atoms with Gasteiger partial charge in [0.05, 0.1) is 24.4 Å². The lowest BCUT2D eigenvalue weighted by Gasteiger charge is -2.23. The molecule has 0 unspecified atom stereocenters. The molecular formula is C25H26N6O2. The smallest absolute Gasteiger partial charge is 0.253 e. The number of aryl methyl sites for hydroxylation is 1. The van der Waals surface area contributed by atoms with Crippen LogP contribution in [0.25, 0.3) is 16.7 Å². The number of aromatic nitrogens is 4. The summed E-state index contributed by atoms with van der Waals surface area (Å²) in [5.41, 5.74) is 2.43. The number of carbonyl (C=O) groups is 1. The largest absolute Gasteiger partial charge is 0.497 e. The van der Waals surface area contributed by atoms with E-state index in [1.165, 1.54) is 0 Å². The molecule has 2 aromatic heterocycles. The van der Waals surface area contributed by atoms with E-state index in [9.17, 15) is 4.79 Å². The normalized spacial score (nSPS) is 14.4. The molecule has 5 rings (SSSR count). The first-order valence-corrected chi connectivity index (χ1v) is 11.1. The van der Waals surface area contributed by atoms with Crippen LogP contribution in [0.1, 0.15) is 22.6 Å². The van der Waals surface area contributed by atoms with Crippen molar-refractivity contribution in [1.29, 1.82) is 0 Å². The molecule has 0 saturated carbocycles. The number of methoxy groups -OCH3 is 1. The predicted molar refractivity (Wildman–Crippen MR) is 127 cm³/mol. The van der Waals surface area contributed by atoms with Gasteiger partial charge in [-0.2, -0.15) is 5.10 Å². The highest BCUT2D eigenvalue weighted by molar-refractivity contribution is 5.94. The maximum Gasteiger partial charge on any atom is 0.253 e. The van der Waals surface area contributed by atoms with E-state index < -0.39 is 0 Å². The van der Waals surface area contributed by atoms with Crippen molar-refractivity contribution in [2.45, 2.75) is 13.3 Å². The van der Waals surface area contributed by atoms with Crippen molar-refractivity contribution in [3.8, 4) is 11.4 Å². The third-order valence-electron chi connectivity index (χ3n) is 5.94. The summed E-state index contributed by atoms with van der Waals surface area (Å²) < 4.78 is 7.05. The van der Waals surface area contributed by atoms with E-state index in [-0.39, 0.29) is 5.91 Å². The molecular weight excluding hydrogens is 416 g/mol. The van der Waals surface area contributed by atoms with Crippen molar-refractivity contribution < 1.29 is 9.53 Å². The Kier molecular flexibility index (Phi) is 5.64. The van der Waals surface area contributed by atoms with E-state index in [1.54, 1.807) is 7.11 Å². The van der Waals surface area contributed by atoms with Crippen molar-refractivity contribution in [3.05, 3.63) is 72.2 Å². The van der Waals surface area contributed by atoms with E-state index in [0.717, 1.165) is 41.3 Å². The van der Waals surface area contributed by atoms with Crippen LogP contribution in [-0.4, -0.2) is 63.8 Å². The van der Waals surface area contributed by atoms with Crippen LogP contribution in [0.15, 0.2) is 60.8 Å². The van der Waals surface area contributed by atoms with Crippen LogP contribution in [0.3, 0.4) is 0 Å². The minimum absolute atomic E-state index is 0.0421. The van der Waals surface area contributed by atoms with E-state index in [4.69, 9.17) is 9.72 Å². The second-order valence-corrected chi connectivity index (χ2v) is 8.08. The van der Waals surface area contributed by atoms with Gasteiger partial charge in [0.2, 0.25) is 0 Å². The van der Waals surface area contributed by atoms with Crippen LogP contribution in [0.5, 0.6) is 5.75 Å². The van der Waals surface area contributed by atoms with Crippen molar-refractivity contribution in [2.24, 2.45) is 0 Å². The van der Waals surface area contributed by atoms with Gasteiger partial charge in [-0.1, -0.05) is 18.2 Å². The average Bonchev–Trinajstić information content (AvgIpc) is 3.12. The number of nitrogens with zero attached hydrogens (tertiary/aromatic N) is 6. The van der Waals surface area contributed by atoms with E-state index in [1.807, 2.05) is 77.3 Å². The van der Waals surface area contributed by atoms with Gasteiger partial charge in [-0.25, -0.2) is 14.6 Å². The zero-order valence-corrected chi connectivity index (χ0v) is 18.8. The molecule has 3 heterocycles. The highest BCUT2D eigenvalue weighted by atomic mass is 16.5. The van der Waals surface area contributed by atoms with Gasteiger partial charge in [0.1, 0.15) is 17.4 Å². The molecule has 0 aliphatic carbocycles. The number of amides is 1. The van der Waals surface area contributed by atoms with Gasteiger partial charge in [0.15, 0.2) is 5.65 Å². The Bertz CT molecular complexity index is 1270. The number of hydrogen-bond donors (Lipinski definition) is 0. The Labute approximate surface area is 192 Å². The van der Waals surface area contributed by atoms with E-state index in [2.05, 4.69) is 15.0 Å². The fourth-order valence-electron chi connectivity index (χ4n) is 4.25. The SMILES string of the molecule is COc1ccc(C(=O)N2CCCN(c3nc(C)nc4c3cnn4-c3ccccc3)CC2)cc1. The number of benzene rings is 2. The van der Waals surface area contributed by atoms with Crippen molar-refractivity contribution in [1.82, 2.24) is 24.6 Å². The summed E-state index contributed by atoms with van der Waals surface area (Å²) in [7, 11) is 1.62. The fraction of sp³-hybridized carbons (Fsp3) is 0.280. The molecule has 8 nitrogen and oxygen atoms in total. The van der Waals surface area contributed by atoms with E-state index in [0.29, 0.717) is 31.0 Å². The topological polar surface area (TPSA) is 76.4 Å². The Balaban J connectivity index is 1.39. The molecule has 33 heavy (non-hydrogen) atoms. The molecule has 1 amide bonds. The Morgan fingerprint density at radius 3 is 2.48 bits per heavy atom. The molecule has 1 saturated heterocycles. The fourth-order valence-corrected chi connectivity index (χ4v) is 4.25. The maximum atomic E-state index is 13.0. The van der Waals surface area contributed by atoms with Gasteiger partial charge in [0.25, 0.3) is 5.91 Å². The molecule has 0 spiro atoms. The zero-order chi connectivity index (χ0) is 22.8. The lowest BCUT2D eigenvalue weighted by atomic mass is 10.2. The second kappa shape index (κ2) is 8.90. The van der Waals surface area contributed by atoms with Crippen LogP contribution in [0.2, 0.25) is 0 Å². The minimum Gasteiger partial charge on any atom is -0.497 e. The van der Waals surface area contributed by atoms with Crippen LogP contribution < -0.4 is 9.64 Å². The molecule has 1 aliphatic heterocycles. The van der Waals surface area contributed by atoms with E-state index >= 15 is 0 Å². The summed E-state index contributed by atoms with van der Waals surface area (Å²) in [5.74, 6) is 2.36. The lowest BCUT2D eigenvalue weighted by Crippen LogP contribution is -2.35. The van der Waals surface area contributed by atoms with Gasteiger partial charge < -0.3 is 14.5 Å². The molecule has 2 aromatic carbocycles. The number of hydrogen-bond acceptors (Lipinski definition) is 6. The number of anilines is 1. The summed E-state index contributed by atoms with van der Waals surface area (Å²) in [5, 5.41) is 5.51. The third-order valence-corrected chi connectivity index (χ3v) is 5.94. The summed E-state index contributed by atoms with van der Waals surface area (Å²) in [6, 6.07) is 17.3. The van der Waals surface area contributed by atoms with Gasteiger partial charge >= 0.3 is 0 Å². The Hall–Kier alpha value is -3.94. The Morgan fingerprint density at radius 1 is 0.939 bits per heavy atom. The van der Waals surface area contributed by atoms with Gasteiger partial charge in [-0.15, -0.1) is 0 Å². The maximum absolute atomic E-state index is 13.0. The highest BCUT2D eigenvalue weighted by Gasteiger charge is 2.23. The lowest BCUT2D eigenvalue weighted by molar-refractivity contribution is 0.0767. The summed E-state index contributed by atoms with van der Waals surface area (Å²) in [4.78, 5) is 26.7. The minimum atomic E-state index is 0.0421. The molecule has 0 radical (unpaired) electrons. The first-order valence-electron chi connectivity index (χ1n) is 11.1. The molecule has 0 N–H and O–H groups in total. The van der Waals surface area contributed by atoms with Crippen molar-refractivity contribution in [2.75, 3.05) is 38.2 Å². The van der Waals surface area contributed by atoms with Crippen molar-refractivity contribution >= 4 is 22.8 Å². The first-order chi connectivity index (χ1) is 16.1. The standard InChI is InChI=1S/C25H26N6O2/c1-18-27-23(22-17-26-31(24(22)28-18)20-7-4-3-5-8-20)29-13-6-14-30(16-15-29)25(32)19-9-11-21(33-2)12-10-19/h3-5,7-12,17H,6,13-16H2,1-2H3. The molecule has 8 heteroatoms. The summed E-state index contributed by atoms with van der Waals surface area (Å²) in [6.45, 7) is 4.75. The summed E-state index contributed by atoms with van der Waals surface area (Å²) >= 11 is 0. The number of carbonyl (C=O) groups excluding carboxylic acids is 1. The van der Waals surface area contributed by atoms with Gasteiger partial charge in [0, 0.05) is 31.7 Å². The predicted octanol–water partition coefficient (Wildman–Crippen LogP) is 3.49. The first kappa shape index (κ1) is 20.9. The van der Waals surface area contributed by atoms with Gasteiger partial charge in [-0.05, 0) is 49.7 Å². The van der Waals surface area contributed by atoms with Crippen molar-refractivity contribution in [3.63, 3.8) is 0 Å². The number of para-hydroxylation sites is 1. The molecule has 168 valence electrons. The number of fused-ring (bicyclic) bond motifs is 1. The number of rotatable bonds is 4. The number of ether oxygens (including phenoxy) is 1. The third kappa shape index (κ3) is 4.11. The molecule has 4 aromatic rings. The quantitative estimate of drug-likeness (QED) is 0.482. The average molecular weight is 443 g/mol. The van der Waals surface area contributed by atoms with Gasteiger partial charge in [-0.3, -0.25) is 4.79 Å². The van der Waals surface area contributed by atoms with Crippen LogP contribution in [0, 0.1) is 6.92 Å². The monoisotopic (exact) mass is 442 g/mol. The Morgan fingerprint density at radius 2 is 1.73 bits per heavy atom. The molecule has 1 aliphatic rings. The molecule has 0 bridgehead atoms. The molecule has 0 atom stereocenters. The van der Waals surface area contributed by atoms with Crippen LogP contribution in [0.4, 0.5) is 5.82 Å². The second-order valence-electron chi connectivity index (χ2n) is 8.08. The molecule has 1 fully saturated rings. The van der Waals surface area contributed by atoms with Crippen LogP contribution >= 0.6 is 0 Å². The van der Waals surface area contributed by atoms with Crippen LogP contribution in [-0.2, 0) is 0 Å². The zero-order valence-electron chi connectivity index (χ0n) is 18.8. The highest BCUT2D eigenvalue weighted by Crippen LogP contribution is 2.27. The summed E-state index contributed by atoms with van der Waals surface area (Å²) in [6.07, 6.45) is 2.70.